The number of hydrogen-bond acceptors (Lipinski definition) is 6. The van der Waals surface area contributed by atoms with E-state index in [0.717, 1.165) is 13.1 Å². The zero-order valence-electron chi connectivity index (χ0n) is 6.19. The summed E-state index contributed by atoms with van der Waals surface area (Å²) in [5.74, 6) is 0. The minimum Gasteiger partial charge on any atom is -0.463 e. The molecule has 0 aromatic carbocycles. The van der Waals surface area contributed by atoms with Crippen LogP contribution in [0.15, 0.2) is 0 Å². The maximum Gasteiger partial charge on any atom is 0.296 e. The highest BCUT2D eigenvalue weighted by Crippen LogP contribution is 2.20. The van der Waals surface area contributed by atoms with Gasteiger partial charge in [-0.1, -0.05) is 5.10 Å². The third-order valence-corrected chi connectivity index (χ3v) is 2.08. The average Bonchev–Trinajstić information content (AvgIpc) is 2.27. The molecule has 1 fully saturated rings. The first-order valence-electron chi connectivity index (χ1n) is 3.31. The lowest BCUT2D eigenvalue weighted by atomic mass is 10.2. The summed E-state index contributed by atoms with van der Waals surface area (Å²) in [4.78, 5) is 0. The van der Waals surface area contributed by atoms with Crippen LogP contribution in [0.3, 0.4) is 0 Å². The first-order valence-corrected chi connectivity index (χ1v) is 4.12. The zero-order valence-corrected chi connectivity index (χ0v) is 7.82. The van der Waals surface area contributed by atoms with Gasteiger partial charge < -0.3 is 15.8 Å². The summed E-state index contributed by atoms with van der Waals surface area (Å²) < 4.78 is 5.37. The second-order valence-corrected chi connectivity index (χ2v) is 3.28. The standard InChI is InChI=1S/C5H8N4OS.ClH/c6-4-8-9-5(11-4)10-3-1-7-2-3;/h3,7H,1-2H2,(H2,6,8);1H. The van der Waals surface area contributed by atoms with E-state index in [1.54, 1.807) is 0 Å². The number of ether oxygens (including phenoxy) is 1. The molecule has 68 valence electrons. The lowest BCUT2D eigenvalue weighted by Crippen LogP contribution is -2.50. The van der Waals surface area contributed by atoms with Crippen molar-refractivity contribution in [2.45, 2.75) is 6.10 Å². The number of nitrogens with two attached hydrogens (primary N) is 1. The van der Waals surface area contributed by atoms with E-state index in [1.165, 1.54) is 11.3 Å². The molecule has 0 saturated carbocycles. The molecule has 2 rings (SSSR count). The molecule has 7 heteroatoms. The molecular formula is C5H9ClN4OS. The van der Waals surface area contributed by atoms with E-state index in [0.29, 0.717) is 10.3 Å². The third kappa shape index (κ3) is 1.96. The van der Waals surface area contributed by atoms with Crippen molar-refractivity contribution < 1.29 is 4.74 Å². The Kier molecular flexibility index (Phi) is 3.07. The van der Waals surface area contributed by atoms with E-state index in [4.69, 9.17) is 10.5 Å². The molecule has 0 bridgehead atoms. The predicted octanol–water partition coefficient (Wildman–Crippen LogP) is -0.107. The van der Waals surface area contributed by atoms with Gasteiger partial charge in [0.1, 0.15) is 6.10 Å². The number of anilines is 1. The van der Waals surface area contributed by atoms with Crippen molar-refractivity contribution in [3.05, 3.63) is 0 Å². The Morgan fingerprint density at radius 1 is 1.50 bits per heavy atom. The van der Waals surface area contributed by atoms with Gasteiger partial charge >= 0.3 is 0 Å². The Labute approximate surface area is 79.7 Å². The SMILES string of the molecule is Cl.Nc1nnc(OC2CNC2)s1. The maximum absolute atomic E-state index is 5.37. The lowest BCUT2D eigenvalue weighted by Gasteiger charge is -2.25. The minimum absolute atomic E-state index is 0. The molecule has 0 atom stereocenters. The van der Waals surface area contributed by atoms with Crippen LogP contribution in [0, 0.1) is 0 Å². The third-order valence-electron chi connectivity index (χ3n) is 1.43. The van der Waals surface area contributed by atoms with Gasteiger partial charge in [-0.2, -0.15) is 0 Å². The Hall–Kier alpha value is -0.590. The topological polar surface area (TPSA) is 73.1 Å². The van der Waals surface area contributed by atoms with Crippen molar-refractivity contribution >= 4 is 28.9 Å². The molecular weight excluding hydrogens is 200 g/mol. The summed E-state index contributed by atoms with van der Waals surface area (Å²) in [6.07, 6.45) is 0.252. The molecule has 0 amide bonds. The van der Waals surface area contributed by atoms with Crippen LogP contribution in [0.4, 0.5) is 5.13 Å². The molecule has 12 heavy (non-hydrogen) atoms. The summed E-state index contributed by atoms with van der Waals surface area (Å²) in [5, 5.41) is 11.5. The van der Waals surface area contributed by atoms with Gasteiger partial charge in [0.05, 0.1) is 0 Å². The van der Waals surface area contributed by atoms with Gasteiger partial charge in [-0.25, -0.2) is 0 Å². The predicted molar refractivity (Wildman–Crippen MR) is 48.9 cm³/mol. The smallest absolute Gasteiger partial charge is 0.296 e. The Morgan fingerprint density at radius 3 is 2.67 bits per heavy atom. The van der Waals surface area contributed by atoms with Crippen molar-refractivity contribution in [3.63, 3.8) is 0 Å². The summed E-state index contributed by atoms with van der Waals surface area (Å²) in [7, 11) is 0. The summed E-state index contributed by atoms with van der Waals surface area (Å²) in [5.41, 5.74) is 5.36. The van der Waals surface area contributed by atoms with Crippen molar-refractivity contribution in [2.75, 3.05) is 18.8 Å². The highest BCUT2D eigenvalue weighted by atomic mass is 35.5. The monoisotopic (exact) mass is 208 g/mol. The van der Waals surface area contributed by atoms with Crippen molar-refractivity contribution in [2.24, 2.45) is 0 Å². The maximum atomic E-state index is 5.37. The van der Waals surface area contributed by atoms with Crippen LogP contribution >= 0.6 is 23.7 Å². The van der Waals surface area contributed by atoms with Crippen molar-refractivity contribution in [3.8, 4) is 5.19 Å². The molecule has 0 unspecified atom stereocenters. The first-order chi connectivity index (χ1) is 5.34. The van der Waals surface area contributed by atoms with Crippen LogP contribution < -0.4 is 15.8 Å². The number of halogens is 1. The van der Waals surface area contributed by atoms with E-state index in [9.17, 15) is 0 Å². The number of nitrogen functional groups attached to an aromatic ring is 1. The van der Waals surface area contributed by atoms with Crippen LogP contribution in [-0.2, 0) is 0 Å². The molecule has 1 aromatic heterocycles. The van der Waals surface area contributed by atoms with Gasteiger partial charge in [-0.15, -0.1) is 17.5 Å². The van der Waals surface area contributed by atoms with E-state index in [1.807, 2.05) is 0 Å². The molecule has 2 heterocycles. The molecule has 1 aliphatic heterocycles. The highest BCUT2D eigenvalue weighted by molar-refractivity contribution is 7.16. The molecule has 0 aliphatic carbocycles. The molecule has 0 radical (unpaired) electrons. The molecule has 1 saturated heterocycles. The minimum atomic E-state index is 0. The Morgan fingerprint density at radius 2 is 2.25 bits per heavy atom. The van der Waals surface area contributed by atoms with Crippen LogP contribution in [0.25, 0.3) is 0 Å². The van der Waals surface area contributed by atoms with Crippen LogP contribution in [0.2, 0.25) is 0 Å². The van der Waals surface area contributed by atoms with E-state index in [-0.39, 0.29) is 18.5 Å². The van der Waals surface area contributed by atoms with Crippen molar-refractivity contribution in [1.82, 2.24) is 15.5 Å². The number of nitrogens with one attached hydrogen (secondary N) is 1. The largest absolute Gasteiger partial charge is 0.463 e. The van der Waals surface area contributed by atoms with Crippen LogP contribution in [0.5, 0.6) is 5.19 Å². The number of nitrogens with zero attached hydrogens (tertiary/aromatic N) is 2. The second-order valence-electron chi connectivity index (χ2n) is 2.30. The van der Waals surface area contributed by atoms with Crippen LogP contribution in [0.1, 0.15) is 0 Å². The fourth-order valence-corrected chi connectivity index (χ4v) is 1.28. The van der Waals surface area contributed by atoms with E-state index < -0.39 is 0 Å². The molecule has 5 nitrogen and oxygen atoms in total. The molecule has 0 spiro atoms. The highest BCUT2D eigenvalue weighted by Gasteiger charge is 2.19. The summed E-state index contributed by atoms with van der Waals surface area (Å²) in [6, 6.07) is 0. The fraction of sp³-hybridized carbons (Fsp3) is 0.600. The quantitative estimate of drug-likeness (QED) is 0.710. The van der Waals surface area contributed by atoms with Gasteiger partial charge in [-0.05, 0) is 11.3 Å². The average molecular weight is 209 g/mol. The fourth-order valence-electron chi connectivity index (χ4n) is 0.756. The first kappa shape index (κ1) is 9.50. The number of rotatable bonds is 2. The van der Waals surface area contributed by atoms with Gasteiger partial charge in [0, 0.05) is 13.1 Å². The molecule has 3 N–H and O–H groups in total. The lowest BCUT2D eigenvalue weighted by molar-refractivity contribution is 0.140. The Balaban J connectivity index is 0.000000720. The molecule has 1 aromatic rings. The van der Waals surface area contributed by atoms with Gasteiger partial charge in [0.15, 0.2) is 0 Å². The van der Waals surface area contributed by atoms with Gasteiger partial charge in [0.25, 0.3) is 5.19 Å². The van der Waals surface area contributed by atoms with E-state index in [2.05, 4.69) is 15.5 Å². The second kappa shape index (κ2) is 3.88. The van der Waals surface area contributed by atoms with E-state index >= 15 is 0 Å². The summed E-state index contributed by atoms with van der Waals surface area (Å²) >= 11 is 1.27. The van der Waals surface area contributed by atoms with Gasteiger partial charge in [0.2, 0.25) is 5.13 Å². The number of aromatic nitrogens is 2. The van der Waals surface area contributed by atoms with Crippen molar-refractivity contribution in [1.29, 1.82) is 0 Å². The molecule has 1 aliphatic rings. The zero-order chi connectivity index (χ0) is 7.68. The normalized spacial score (nSPS) is 16.3. The Bertz CT molecular complexity index is 251. The van der Waals surface area contributed by atoms with Crippen LogP contribution in [-0.4, -0.2) is 29.4 Å². The summed E-state index contributed by atoms with van der Waals surface area (Å²) in [6.45, 7) is 1.78. The number of hydrogen-bond donors (Lipinski definition) is 2. The van der Waals surface area contributed by atoms with Gasteiger partial charge in [-0.3, -0.25) is 0 Å².